The molecule has 0 fully saturated rings. The summed E-state index contributed by atoms with van der Waals surface area (Å²) in [6.07, 6.45) is -0.900. The van der Waals surface area contributed by atoms with Crippen molar-refractivity contribution >= 4 is 5.91 Å². The lowest BCUT2D eigenvalue weighted by atomic mass is 10.1. The predicted molar refractivity (Wildman–Crippen MR) is 90.4 cm³/mol. The molecular formula is C17H15F3N6O2. The van der Waals surface area contributed by atoms with Crippen molar-refractivity contribution in [3.63, 3.8) is 0 Å². The summed E-state index contributed by atoms with van der Waals surface area (Å²) in [6.45, 7) is 0.588. The Kier molecular flexibility index (Phi) is 4.28. The molecule has 3 aromatic heterocycles. The fraction of sp³-hybridized carbons (Fsp3) is 0.294. The maximum atomic E-state index is 12.6. The molecule has 0 radical (unpaired) electrons. The molecule has 0 aromatic carbocycles. The van der Waals surface area contributed by atoms with Gasteiger partial charge in [0.05, 0.1) is 36.3 Å². The standard InChI is InChI=1S/C17H15F3N6O2/c1-28-15-6-10(2-4-21-15)13-7-14-12(3-5-25(14)24-13)23-16(27)11-8-22-26(9-11)17(18,19)20/h2,4,6-9,12H,3,5H2,1H3,(H,23,27)/t12-/m0/s1. The van der Waals surface area contributed by atoms with Crippen molar-refractivity contribution in [1.82, 2.24) is 29.9 Å². The van der Waals surface area contributed by atoms with Crippen LogP contribution in [0.15, 0.2) is 36.8 Å². The Morgan fingerprint density at radius 2 is 2.18 bits per heavy atom. The molecule has 0 unspecified atom stereocenters. The fourth-order valence-electron chi connectivity index (χ4n) is 3.08. The van der Waals surface area contributed by atoms with Crippen LogP contribution in [0.1, 0.15) is 28.5 Å². The number of carbonyl (C=O) groups is 1. The van der Waals surface area contributed by atoms with E-state index in [0.717, 1.165) is 17.5 Å². The first-order valence-corrected chi connectivity index (χ1v) is 8.36. The number of amides is 1. The summed E-state index contributed by atoms with van der Waals surface area (Å²) in [4.78, 5) is 16.4. The number of nitrogens with zero attached hydrogens (tertiary/aromatic N) is 5. The van der Waals surface area contributed by atoms with Gasteiger partial charge in [-0.1, -0.05) is 0 Å². The topological polar surface area (TPSA) is 86.9 Å². The Morgan fingerprint density at radius 3 is 2.89 bits per heavy atom. The van der Waals surface area contributed by atoms with Crippen molar-refractivity contribution in [2.24, 2.45) is 0 Å². The second kappa shape index (κ2) is 6.66. The van der Waals surface area contributed by atoms with E-state index in [9.17, 15) is 18.0 Å². The molecule has 0 spiro atoms. The Morgan fingerprint density at radius 1 is 1.36 bits per heavy atom. The summed E-state index contributed by atoms with van der Waals surface area (Å²) in [7, 11) is 1.52. The fourth-order valence-corrected chi connectivity index (χ4v) is 3.08. The van der Waals surface area contributed by atoms with Gasteiger partial charge in [-0.3, -0.25) is 9.48 Å². The second-order valence-electron chi connectivity index (χ2n) is 6.22. The van der Waals surface area contributed by atoms with Crippen LogP contribution in [0.2, 0.25) is 0 Å². The number of ether oxygens (including phenoxy) is 1. The summed E-state index contributed by atoms with van der Waals surface area (Å²) in [6, 6.07) is 5.02. The van der Waals surface area contributed by atoms with E-state index >= 15 is 0 Å². The lowest BCUT2D eigenvalue weighted by Crippen LogP contribution is -2.27. The maximum absolute atomic E-state index is 12.6. The van der Waals surface area contributed by atoms with Gasteiger partial charge in [0, 0.05) is 30.6 Å². The summed E-state index contributed by atoms with van der Waals surface area (Å²) in [5.74, 6) is -0.167. The highest BCUT2D eigenvalue weighted by Crippen LogP contribution is 2.31. The van der Waals surface area contributed by atoms with Crippen molar-refractivity contribution in [1.29, 1.82) is 0 Å². The van der Waals surface area contributed by atoms with E-state index in [1.54, 1.807) is 23.0 Å². The molecule has 28 heavy (non-hydrogen) atoms. The molecule has 4 heterocycles. The minimum Gasteiger partial charge on any atom is -0.481 e. The number of pyridine rings is 1. The number of nitrogens with one attached hydrogen (secondary N) is 1. The summed E-state index contributed by atoms with van der Waals surface area (Å²) in [5.41, 5.74) is 2.13. The van der Waals surface area contributed by atoms with Crippen LogP contribution in [0, 0.1) is 0 Å². The van der Waals surface area contributed by atoms with Crippen LogP contribution in [-0.4, -0.2) is 37.6 Å². The molecule has 3 aromatic rings. The average molecular weight is 392 g/mol. The normalized spacial score (nSPS) is 16.1. The van der Waals surface area contributed by atoms with Gasteiger partial charge in [0.2, 0.25) is 5.88 Å². The van der Waals surface area contributed by atoms with E-state index in [2.05, 4.69) is 20.5 Å². The zero-order valence-electron chi connectivity index (χ0n) is 14.6. The number of fused-ring (bicyclic) bond motifs is 1. The Balaban J connectivity index is 1.52. The van der Waals surface area contributed by atoms with Crippen molar-refractivity contribution in [3.05, 3.63) is 48.0 Å². The lowest BCUT2D eigenvalue weighted by molar-refractivity contribution is -0.212. The van der Waals surface area contributed by atoms with Crippen LogP contribution < -0.4 is 10.1 Å². The van der Waals surface area contributed by atoms with Crippen molar-refractivity contribution in [2.45, 2.75) is 25.3 Å². The molecule has 8 nitrogen and oxygen atoms in total. The molecule has 1 atom stereocenters. The van der Waals surface area contributed by atoms with Crippen molar-refractivity contribution in [3.8, 4) is 17.1 Å². The van der Waals surface area contributed by atoms with E-state index in [1.165, 1.54) is 7.11 Å². The number of alkyl halides is 3. The highest BCUT2D eigenvalue weighted by atomic mass is 19.4. The quantitative estimate of drug-likeness (QED) is 0.737. The molecule has 0 bridgehead atoms. The molecule has 1 aliphatic rings. The zero-order valence-corrected chi connectivity index (χ0v) is 14.6. The molecule has 0 saturated carbocycles. The smallest absolute Gasteiger partial charge is 0.481 e. The van der Waals surface area contributed by atoms with E-state index < -0.39 is 12.2 Å². The van der Waals surface area contributed by atoms with E-state index in [4.69, 9.17) is 4.74 Å². The summed E-state index contributed by atoms with van der Waals surface area (Å²) < 4.78 is 44.6. The summed E-state index contributed by atoms with van der Waals surface area (Å²) in [5, 5.41) is 10.4. The molecule has 11 heteroatoms. The van der Waals surface area contributed by atoms with Gasteiger partial charge >= 0.3 is 6.30 Å². The number of hydrogen-bond acceptors (Lipinski definition) is 5. The highest BCUT2D eigenvalue weighted by molar-refractivity contribution is 5.94. The molecule has 146 valence electrons. The van der Waals surface area contributed by atoms with Gasteiger partial charge in [-0.2, -0.15) is 14.9 Å². The van der Waals surface area contributed by atoms with Gasteiger partial charge in [-0.25, -0.2) is 4.98 Å². The number of methoxy groups -OCH3 is 1. The molecule has 0 saturated heterocycles. The number of carbonyl (C=O) groups excluding carboxylic acids is 1. The molecule has 1 N–H and O–H groups in total. The lowest BCUT2D eigenvalue weighted by Gasteiger charge is -2.11. The number of aryl methyl sites for hydroxylation is 1. The zero-order chi connectivity index (χ0) is 19.9. The third-order valence-electron chi connectivity index (χ3n) is 4.45. The number of halogens is 3. The van der Waals surface area contributed by atoms with Crippen molar-refractivity contribution < 1.29 is 22.7 Å². The monoisotopic (exact) mass is 392 g/mol. The third-order valence-corrected chi connectivity index (χ3v) is 4.45. The van der Waals surface area contributed by atoms with Gasteiger partial charge in [0.15, 0.2) is 0 Å². The second-order valence-corrected chi connectivity index (χ2v) is 6.22. The van der Waals surface area contributed by atoms with Gasteiger partial charge in [-0.05, 0) is 18.6 Å². The third kappa shape index (κ3) is 3.30. The first-order valence-electron chi connectivity index (χ1n) is 8.36. The SMILES string of the molecule is COc1cc(-c2cc3n(n2)CC[C@@H]3NC(=O)c2cnn(C(F)(F)F)c2)ccn1. The molecule has 0 aliphatic carbocycles. The van der Waals surface area contributed by atoms with Gasteiger partial charge in [-0.15, -0.1) is 13.2 Å². The van der Waals surface area contributed by atoms with E-state index in [-0.39, 0.29) is 16.3 Å². The van der Waals surface area contributed by atoms with Crippen LogP contribution in [0.3, 0.4) is 0 Å². The van der Waals surface area contributed by atoms with Crippen LogP contribution in [-0.2, 0) is 12.8 Å². The van der Waals surface area contributed by atoms with Gasteiger partial charge in [0.25, 0.3) is 5.91 Å². The van der Waals surface area contributed by atoms with Gasteiger partial charge in [0.1, 0.15) is 0 Å². The average Bonchev–Trinajstić information content (AvgIpc) is 3.38. The first kappa shape index (κ1) is 18.0. The minimum atomic E-state index is -4.66. The van der Waals surface area contributed by atoms with Crippen LogP contribution in [0.4, 0.5) is 13.2 Å². The maximum Gasteiger partial charge on any atom is 0.504 e. The Labute approximate surface area is 156 Å². The van der Waals surface area contributed by atoms with Crippen molar-refractivity contribution in [2.75, 3.05) is 7.11 Å². The van der Waals surface area contributed by atoms with E-state index in [1.807, 2.05) is 6.07 Å². The summed E-state index contributed by atoms with van der Waals surface area (Å²) >= 11 is 0. The Hall–Kier alpha value is -3.37. The number of hydrogen-bond donors (Lipinski definition) is 1. The molecule has 1 aliphatic heterocycles. The van der Waals surface area contributed by atoms with Crippen LogP contribution in [0.25, 0.3) is 11.3 Å². The Bertz CT molecular complexity index is 1030. The van der Waals surface area contributed by atoms with Crippen LogP contribution >= 0.6 is 0 Å². The molecule has 4 rings (SSSR count). The number of rotatable bonds is 4. The molecular weight excluding hydrogens is 377 g/mol. The highest BCUT2D eigenvalue weighted by Gasteiger charge is 2.33. The van der Waals surface area contributed by atoms with Gasteiger partial charge < -0.3 is 10.1 Å². The van der Waals surface area contributed by atoms with E-state index in [0.29, 0.717) is 30.7 Å². The van der Waals surface area contributed by atoms with Crippen LogP contribution in [0.5, 0.6) is 5.88 Å². The number of aromatic nitrogens is 5. The molecule has 1 amide bonds. The largest absolute Gasteiger partial charge is 0.504 e. The first-order chi connectivity index (χ1) is 13.3. The predicted octanol–water partition coefficient (Wildman–Crippen LogP) is 2.50. The minimum absolute atomic E-state index is 0.158.